The Morgan fingerprint density at radius 1 is 1.39 bits per heavy atom. The van der Waals surface area contributed by atoms with Gasteiger partial charge in [-0.05, 0) is 30.0 Å². The molecule has 3 heterocycles. The Kier molecular flexibility index (Phi) is 5.00. The van der Waals surface area contributed by atoms with E-state index in [0.29, 0.717) is 12.5 Å². The summed E-state index contributed by atoms with van der Waals surface area (Å²) in [4.78, 5) is 26.3. The van der Waals surface area contributed by atoms with Crippen LogP contribution < -0.4 is 5.73 Å². The fraction of sp³-hybridized carbons (Fsp3) is 0.409. The molecule has 3 N–H and O–H groups in total. The number of hydrogen-bond acceptors (Lipinski definition) is 5. The summed E-state index contributed by atoms with van der Waals surface area (Å²) in [6.45, 7) is 6.78. The van der Waals surface area contributed by atoms with Crippen LogP contribution in [0.2, 0.25) is 0 Å². The molecule has 1 aliphatic heterocycles. The minimum Gasteiger partial charge on any atom is -0.345 e. The summed E-state index contributed by atoms with van der Waals surface area (Å²) in [5.74, 6) is 0. The second-order valence-corrected chi connectivity index (χ2v) is 8.53. The van der Waals surface area contributed by atoms with Gasteiger partial charge in [-0.2, -0.15) is 0 Å². The molecule has 0 saturated carbocycles. The highest BCUT2D eigenvalue weighted by atomic mass is 16.1. The van der Waals surface area contributed by atoms with Crippen molar-refractivity contribution >= 4 is 17.5 Å². The van der Waals surface area contributed by atoms with E-state index in [1.165, 1.54) is 5.56 Å². The normalized spacial score (nSPS) is 18.0. The molecule has 0 spiro atoms. The van der Waals surface area contributed by atoms with Gasteiger partial charge in [-0.3, -0.25) is 4.90 Å². The van der Waals surface area contributed by atoms with Crippen molar-refractivity contribution in [2.45, 2.75) is 39.3 Å². The van der Waals surface area contributed by atoms with E-state index in [2.05, 4.69) is 39.1 Å². The van der Waals surface area contributed by atoms with Crippen molar-refractivity contribution in [3.05, 3.63) is 47.8 Å². The number of aromatic nitrogens is 3. The molecule has 4 rings (SSSR count). The summed E-state index contributed by atoms with van der Waals surface area (Å²) in [6, 6.07) is 8.75. The second-order valence-electron chi connectivity index (χ2n) is 8.53. The summed E-state index contributed by atoms with van der Waals surface area (Å²) in [7, 11) is 0. The van der Waals surface area contributed by atoms with Gasteiger partial charge in [0.15, 0.2) is 5.65 Å². The standard InChI is InChI=1S/C22H27N5O/c1-22(2,14-28)9-17-10-24-21-20(17)26-19(11-25-21)16-5-3-4-15(8-16)12-27-7-6-18(23)13-27/h3-5,8,10-11,14,18H,6-7,9,12-13,23H2,1-2H3,(H,24,25). The first-order valence-electron chi connectivity index (χ1n) is 9.80. The fourth-order valence-corrected chi connectivity index (χ4v) is 3.84. The number of likely N-dealkylation sites (tertiary alicyclic amines) is 1. The average molecular weight is 377 g/mol. The third-order valence-corrected chi connectivity index (χ3v) is 5.36. The van der Waals surface area contributed by atoms with E-state index in [1.807, 2.05) is 20.0 Å². The first-order chi connectivity index (χ1) is 13.4. The number of carbonyl (C=O) groups is 1. The predicted molar refractivity (Wildman–Crippen MR) is 111 cm³/mol. The highest BCUT2D eigenvalue weighted by Crippen LogP contribution is 2.26. The molecule has 0 bridgehead atoms. The zero-order chi connectivity index (χ0) is 19.7. The number of aldehydes is 1. The van der Waals surface area contributed by atoms with Crippen molar-refractivity contribution in [2.24, 2.45) is 11.1 Å². The Labute approximate surface area is 165 Å². The monoisotopic (exact) mass is 377 g/mol. The Hall–Kier alpha value is -2.57. The van der Waals surface area contributed by atoms with Crippen molar-refractivity contribution in [3.63, 3.8) is 0 Å². The van der Waals surface area contributed by atoms with Crippen molar-refractivity contribution in [3.8, 4) is 11.3 Å². The van der Waals surface area contributed by atoms with Crippen LogP contribution in [0.1, 0.15) is 31.4 Å². The third-order valence-electron chi connectivity index (χ3n) is 5.36. The lowest BCUT2D eigenvalue weighted by atomic mass is 9.88. The van der Waals surface area contributed by atoms with Gasteiger partial charge in [0, 0.05) is 42.9 Å². The average Bonchev–Trinajstić information content (AvgIpc) is 3.27. The zero-order valence-corrected chi connectivity index (χ0v) is 16.5. The van der Waals surface area contributed by atoms with E-state index in [4.69, 9.17) is 10.7 Å². The van der Waals surface area contributed by atoms with Crippen molar-refractivity contribution < 1.29 is 4.79 Å². The van der Waals surface area contributed by atoms with Gasteiger partial charge in [-0.25, -0.2) is 9.97 Å². The molecule has 28 heavy (non-hydrogen) atoms. The minimum absolute atomic E-state index is 0.291. The van der Waals surface area contributed by atoms with Crippen molar-refractivity contribution in [2.75, 3.05) is 13.1 Å². The first kappa shape index (κ1) is 18.8. The topological polar surface area (TPSA) is 87.9 Å². The van der Waals surface area contributed by atoms with E-state index < -0.39 is 5.41 Å². The summed E-state index contributed by atoms with van der Waals surface area (Å²) < 4.78 is 0. The summed E-state index contributed by atoms with van der Waals surface area (Å²) >= 11 is 0. The molecule has 1 fully saturated rings. The van der Waals surface area contributed by atoms with Crippen LogP contribution in [0.25, 0.3) is 22.4 Å². The number of H-pyrrole nitrogens is 1. The van der Waals surface area contributed by atoms with E-state index >= 15 is 0 Å². The largest absolute Gasteiger partial charge is 0.345 e. The maximum atomic E-state index is 11.3. The van der Waals surface area contributed by atoms with E-state index in [-0.39, 0.29) is 0 Å². The number of carbonyl (C=O) groups excluding carboxylic acids is 1. The van der Waals surface area contributed by atoms with Crippen molar-refractivity contribution in [1.82, 2.24) is 19.9 Å². The number of benzene rings is 1. The summed E-state index contributed by atoms with van der Waals surface area (Å²) in [5, 5.41) is 0. The van der Waals surface area contributed by atoms with Crippen LogP contribution in [-0.4, -0.2) is 45.3 Å². The molecule has 1 unspecified atom stereocenters. The van der Waals surface area contributed by atoms with Gasteiger partial charge in [-0.15, -0.1) is 0 Å². The maximum Gasteiger partial charge on any atom is 0.156 e. The molecule has 1 aromatic carbocycles. The van der Waals surface area contributed by atoms with Crippen molar-refractivity contribution in [1.29, 1.82) is 0 Å². The van der Waals surface area contributed by atoms with Gasteiger partial charge in [0.05, 0.1) is 11.9 Å². The van der Waals surface area contributed by atoms with Gasteiger partial charge in [0.2, 0.25) is 0 Å². The minimum atomic E-state index is -0.427. The number of nitrogens with zero attached hydrogens (tertiary/aromatic N) is 3. The van der Waals surface area contributed by atoms with Crippen LogP contribution in [0.5, 0.6) is 0 Å². The van der Waals surface area contributed by atoms with Gasteiger partial charge in [-0.1, -0.05) is 32.0 Å². The van der Waals surface area contributed by atoms with Crippen LogP contribution in [0.4, 0.5) is 0 Å². The number of rotatable bonds is 6. The molecule has 6 heteroatoms. The molecule has 3 aromatic rings. The zero-order valence-electron chi connectivity index (χ0n) is 16.5. The first-order valence-corrected chi connectivity index (χ1v) is 9.80. The lowest BCUT2D eigenvalue weighted by molar-refractivity contribution is -0.114. The molecule has 1 aliphatic rings. The molecule has 6 nitrogen and oxygen atoms in total. The van der Waals surface area contributed by atoms with Gasteiger partial charge in [0.25, 0.3) is 0 Å². The lowest BCUT2D eigenvalue weighted by Crippen LogP contribution is -2.26. The van der Waals surface area contributed by atoms with E-state index in [9.17, 15) is 4.79 Å². The van der Waals surface area contributed by atoms with E-state index in [1.54, 1.807) is 6.20 Å². The Morgan fingerprint density at radius 3 is 3.00 bits per heavy atom. The van der Waals surface area contributed by atoms with Crippen LogP contribution in [-0.2, 0) is 17.8 Å². The highest BCUT2D eigenvalue weighted by molar-refractivity contribution is 5.78. The van der Waals surface area contributed by atoms with Crippen LogP contribution in [0.3, 0.4) is 0 Å². The molecular weight excluding hydrogens is 350 g/mol. The molecule has 0 aliphatic carbocycles. The molecule has 146 valence electrons. The van der Waals surface area contributed by atoms with Gasteiger partial charge < -0.3 is 15.5 Å². The Bertz CT molecular complexity index is 994. The molecule has 0 radical (unpaired) electrons. The van der Waals surface area contributed by atoms with Gasteiger partial charge in [0.1, 0.15) is 11.8 Å². The fourth-order valence-electron chi connectivity index (χ4n) is 3.84. The molecule has 2 aromatic heterocycles. The number of nitrogens with one attached hydrogen (secondary N) is 1. The number of nitrogens with two attached hydrogens (primary N) is 1. The summed E-state index contributed by atoms with van der Waals surface area (Å²) in [6.07, 6.45) is 6.40. The number of hydrogen-bond donors (Lipinski definition) is 2. The SMILES string of the molecule is CC(C)(C=O)Cc1c[nH]c2ncc(-c3cccc(CN4CCC(N)C4)c3)nc12. The Balaban J connectivity index is 1.62. The van der Waals surface area contributed by atoms with Crippen LogP contribution in [0.15, 0.2) is 36.7 Å². The van der Waals surface area contributed by atoms with Crippen LogP contribution >= 0.6 is 0 Å². The lowest BCUT2D eigenvalue weighted by Gasteiger charge is -2.16. The highest BCUT2D eigenvalue weighted by Gasteiger charge is 2.21. The van der Waals surface area contributed by atoms with Gasteiger partial charge >= 0.3 is 0 Å². The summed E-state index contributed by atoms with van der Waals surface area (Å²) in [5.41, 5.74) is 11.4. The molecule has 1 atom stereocenters. The predicted octanol–water partition coefficient (Wildman–Crippen LogP) is 2.93. The Morgan fingerprint density at radius 2 is 2.25 bits per heavy atom. The van der Waals surface area contributed by atoms with E-state index in [0.717, 1.165) is 60.3 Å². The maximum absolute atomic E-state index is 11.3. The second kappa shape index (κ2) is 7.45. The molecular formula is C22H27N5O. The quantitative estimate of drug-likeness (QED) is 0.645. The number of fused-ring (bicyclic) bond motifs is 1. The third kappa shape index (κ3) is 3.98. The number of aromatic amines is 1. The smallest absolute Gasteiger partial charge is 0.156 e. The van der Waals surface area contributed by atoms with Crippen LogP contribution in [0, 0.1) is 5.41 Å². The molecule has 1 saturated heterocycles. The molecule has 0 amide bonds.